The third-order valence-electron chi connectivity index (χ3n) is 6.13. The number of aromatic nitrogens is 3. The molecule has 0 aromatic carbocycles. The van der Waals surface area contributed by atoms with Crippen LogP contribution < -0.4 is 9.80 Å². The quantitative estimate of drug-likeness (QED) is 0.572. The first-order valence-corrected chi connectivity index (χ1v) is 12.1. The van der Waals surface area contributed by atoms with Gasteiger partial charge in [-0.2, -0.15) is 0 Å². The topological polar surface area (TPSA) is 102 Å². The van der Waals surface area contributed by atoms with Crippen LogP contribution in [0.2, 0.25) is 0 Å². The van der Waals surface area contributed by atoms with E-state index in [1.54, 1.807) is 22.3 Å². The highest BCUT2D eigenvalue weighted by Crippen LogP contribution is 2.26. The van der Waals surface area contributed by atoms with Gasteiger partial charge in [-0.1, -0.05) is 11.2 Å². The van der Waals surface area contributed by atoms with Crippen LogP contribution in [-0.4, -0.2) is 102 Å². The van der Waals surface area contributed by atoms with Crippen LogP contribution in [0.1, 0.15) is 10.5 Å². The molecular formula is C22H27N7O3S. The molecule has 2 saturated heterocycles. The van der Waals surface area contributed by atoms with Crippen molar-refractivity contribution in [1.82, 2.24) is 25.2 Å². The first-order chi connectivity index (χ1) is 16.2. The second kappa shape index (κ2) is 9.86. The van der Waals surface area contributed by atoms with E-state index in [2.05, 4.69) is 30.1 Å². The standard InChI is InChI=1S/C22H27N7O3S/c30-14-13-26-5-7-27(8-6-26)20-3-4-21(24-23-20)28-9-11-29(12-10-28)22(31)17-16-18(32-25-17)19-2-1-15-33-19/h1-4,15-16,30H,5-14H2. The number of rotatable bonds is 6. The van der Waals surface area contributed by atoms with Crippen LogP contribution in [0.4, 0.5) is 11.6 Å². The molecule has 0 aliphatic carbocycles. The number of aliphatic hydroxyl groups excluding tert-OH is 1. The molecule has 5 heterocycles. The number of β-amino-alcohol motifs (C(OH)–C–C–N with tert-alkyl or cyclic N) is 1. The highest BCUT2D eigenvalue weighted by atomic mass is 32.1. The minimum Gasteiger partial charge on any atom is -0.395 e. The third kappa shape index (κ3) is 4.85. The molecule has 2 aliphatic rings. The Labute approximate surface area is 196 Å². The van der Waals surface area contributed by atoms with Crippen molar-refractivity contribution in [2.45, 2.75) is 0 Å². The van der Waals surface area contributed by atoms with E-state index in [4.69, 9.17) is 9.63 Å². The predicted octanol–water partition coefficient (Wildman–Crippen LogP) is 1.27. The molecule has 10 nitrogen and oxygen atoms in total. The number of hydrogen-bond donors (Lipinski definition) is 1. The van der Waals surface area contributed by atoms with Crippen molar-refractivity contribution in [3.8, 4) is 10.6 Å². The average Bonchev–Trinajstić information content (AvgIpc) is 3.57. The number of nitrogens with zero attached hydrogens (tertiary/aromatic N) is 7. The molecule has 2 fully saturated rings. The van der Waals surface area contributed by atoms with Crippen LogP contribution in [0.3, 0.4) is 0 Å². The lowest BCUT2D eigenvalue weighted by atomic mass is 10.2. The molecule has 1 amide bonds. The van der Waals surface area contributed by atoms with Crippen molar-refractivity contribution in [2.75, 3.05) is 75.3 Å². The van der Waals surface area contributed by atoms with E-state index in [9.17, 15) is 4.79 Å². The first kappa shape index (κ1) is 21.8. The number of carbonyl (C=O) groups is 1. The van der Waals surface area contributed by atoms with Crippen molar-refractivity contribution in [2.24, 2.45) is 0 Å². The molecule has 2 aliphatic heterocycles. The molecule has 0 unspecified atom stereocenters. The number of aliphatic hydroxyl groups is 1. The minimum absolute atomic E-state index is 0.108. The van der Waals surface area contributed by atoms with Gasteiger partial charge in [0, 0.05) is 65.0 Å². The normalized spacial score (nSPS) is 17.5. The van der Waals surface area contributed by atoms with E-state index in [1.807, 2.05) is 29.6 Å². The van der Waals surface area contributed by atoms with Crippen molar-refractivity contribution >= 4 is 28.9 Å². The zero-order chi connectivity index (χ0) is 22.6. The molecule has 0 spiro atoms. The van der Waals surface area contributed by atoms with Crippen LogP contribution in [0.5, 0.6) is 0 Å². The number of thiophene rings is 1. The van der Waals surface area contributed by atoms with Crippen molar-refractivity contribution in [3.63, 3.8) is 0 Å². The summed E-state index contributed by atoms with van der Waals surface area (Å²) in [5.74, 6) is 2.22. The molecule has 1 N–H and O–H groups in total. The largest absolute Gasteiger partial charge is 0.395 e. The van der Waals surface area contributed by atoms with Crippen LogP contribution in [0, 0.1) is 0 Å². The van der Waals surface area contributed by atoms with Crippen molar-refractivity contribution < 1.29 is 14.4 Å². The van der Waals surface area contributed by atoms with E-state index in [0.29, 0.717) is 37.6 Å². The second-order valence-corrected chi connectivity index (χ2v) is 9.08. The Bertz CT molecular complexity index is 1040. The Balaban J connectivity index is 1.14. The lowest BCUT2D eigenvalue weighted by Crippen LogP contribution is -2.49. The van der Waals surface area contributed by atoms with E-state index >= 15 is 0 Å². The summed E-state index contributed by atoms with van der Waals surface area (Å²) in [6.07, 6.45) is 0. The van der Waals surface area contributed by atoms with Gasteiger partial charge >= 0.3 is 0 Å². The first-order valence-electron chi connectivity index (χ1n) is 11.2. The van der Waals surface area contributed by atoms with E-state index in [0.717, 1.165) is 49.2 Å². The Morgan fingerprint density at radius 1 is 0.970 bits per heavy atom. The Kier molecular flexibility index (Phi) is 6.51. The fourth-order valence-corrected chi connectivity index (χ4v) is 4.88. The fourth-order valence-electron chi connectivity index (χ4n) is 4.21. The zero-order valence-corrected chi connectivity index (χ0v) is 19.2. The van der Waals surface area contributed by atoms with Crippen molar-refractivity contribution in [3.05, 3.63) is 41.4 Å². The maximum Gasteiger partial charge on any atom is 0.276 e. The molecular weight excluding hydrogens is 442 g/mol. The molecule has 5 rings (SSSR count). The summed E-state index contributed by atoms with van der Waals surface area (Å²) in [6, 6.07) is 9.63. The molecule has 33 heavy (non-hydrogen) atoms. The average molecular weight is 470 g/mol. The lowest BCUT2D eigenvalue weighted by Gasteiger charge is -2.36. The number of anilines is 2. The van der Waals surface area contributed by atoms with Gasteiger partial charge in [-0.15, -0.1) is 21.5 Å². The molecule has 0 saturated carbocycles. The monoisotopic (exact) mass is 469 g/mol. The number of amides is 1. The number of carbonyl (C=O) groups excluding carboxylic acids is 1. The molecule has 3 aromatic rings. The zero-order valence-electron chi connectivity index (χ0n) is 18.3. The summed E-state index contributed by atoms with van der Waals surface area (Å²) in [4.78, 5) is 22.2. The molecule has 3 aromatic heterocycles. The maximum absolute atomic E-state index is 12.8. The van der Waals surface area contributed by atoms with Gasteiger partial charge in [0.2, 0.25) is 0 Å². The van der Waals surface area contributed by atoms with Crippen LogP contribution >= 0.6 is 11.3 Å². The lowest BCUT2D eigenvalue weighted by molar-refractivity contribution is 0.0736. The Morgan fingerprint density at radius 3 is 2.21 bits per heavy atom. The van der Waals surface area contributed by atoms with Gasteiger partial charge in [0.15, 0.2) is 23.1 Å². The van der Waals surface area contributed by atoms with Gasteiger partial charge in [-0.25, -0.2) is 0 Å². The summed E-state index contributed by atoms with van der Waals surface area (Å²) in [7, 11) is 0. The number of hydrogen-bond acceptors (Lipinski definition) is 10. The second-order valence-electron chi connectivity index (χ2n) is 8.13. The van der Waals surface area contributed by atoms with Gasteiger partial charge in [0.25, 0.3) is 5.91 Å². The van der Waals surface area contributed by atoms with Crippen LogP contribution in [0.25, 0.3) is 10.6 Å². The van der Waals surface area contributed by atoms with Crippen LogP contribution in [-0.2, 0) is 0 Å². The third-order valence-corrected chi connectivity index (χ3v) is 7.02. The van der Waals surface area contributed by atoms with Crippen molar-refractivity contribution in [1.29, 1.82) is 0 Å². The molecule has 0 atom stereocenters. The summed E-state index contributed by atoms with van der Waals surface area (Å²) in [6.45, 7) is 7.08. The molecule has 0 radical (unpaired) electrons. The molecule has 174 valence electrons. The van der Waals surface area contributed by atoms with Gasteiger partial charge in [0.1, 0.15) is 0 Å². The van der Waals surface area contributed by atoms with Gasteiger partial charge < -0.3 is 24.3 Å². The minimum atomic E-state index is -0.108. The summed E-state index contributed by atoms with van der Waals surface area (Å²) in [5.41, 5.74) is 0.343. The molecule has 11 heteroatoms. The van der Waals surface area contributed by atoms with E-state index in [1.165, 1.54) is 0 Å². The van der Waals surface area contributed by atoms with Gasteiger partial charge in [-0.05, 0) is 23.6 Å². The van der Waals surface area contributed by atoms with Gasteiger partial charge in [0.05, 0.1) is 11.5 Å². The van der Waals surface area contributed by atoms with E-state index < -0.39 is 0 Å². The highest BCUT2D eigenvalue weighted by Gasteiger charge is 2.26. The van der Waals surface area contributed by atoms with Gasteiger partial charge in [-0.3, -0.25) is 9.69 Å². The fraction of sp³-hybridized carbons (Fsp3) is 0.455. The number of piperazine rings is 2. The summed E-state index contributed by atoms with van der Waals surface area (Å²) >= 11 is 1.55. The van der Waals surface area contributed by atoms with Crippen LogP contribution in [0.15, 0.2) is 40.2 Å². The SMILES string of the molecule is O=C(c1cc(-c2cccs2)on1)N1CCN(c2ccc(N3CCN(CCO)CC3)nn2)CC1. The summed E-state index contributed by atoms with van der Waals surface area (Å²) < 4.78 is 5.36. The Hall–Kier alpha value is -3.02. The highest BCUT2D eigenvalue weighted by molar-refractivity contribution is 7.13. The van der Waals surface area contributed by atoms with E-state index in [-0.39, 0.29) is 12.5 Å². The Morgan fingerprint density at radius 2 is 1.64 bits per heavy atom. The predicted molar refractivity (Wildman–Crippen MR) is 126 cm³/mol. The summed E-state index contributed by atoms with van der Waals surface area (Å²) in [5, 5.41) is 23.9. The smallest absolute Gasteiger partial charge is 0.276 e. The maximum atomic E-state index is 12.8. The molecule has 0 bridgehead atoms.